The third-order valence-corrected chi connectivity index (χ3v) is 7.07. The normalized spacial score (nSPS) is 11.9. The molecule has 0 aliphatic rings. The lowest BCUT2D eigenvalue weighted by atomic mass is 10.1. The van der Waals surface area contributed by atoms with E-state index in [-0.39, 0.29) is 5.97 Å². The number of allylic oxidation sites excluding steroid dienone is 2. The van der Waals surface area contributed by atoms with Crippen molar-refractivity contribution in [3.8, 4) is 0 Å². The Hall–Kier alpha value is -2.39. The van der Waals surface area contributed by atoms with E-state index >= 15 is 0 Å². The fourth-order valence-electron chi connectivity index (χ4n) is 2.38. The van der Waals surface area contributed by atoms with Gasteiger partial charge in [0.25, 0.3) is 0 Å². The number of carbonyl (C=O) groups is 1. The summed E-state index contributed by atoms with van der Waals surface area (Å²) >= 11 is 0. The summed E-state index contributed by atoms with van der Waals surface area (Å²) in [7, 11) is -2.11. The molecule has 0 amide bonds. The molecule has 0 aliphatic heterocycles. The second-order valence-corrected chi connectivity index (χ2v) is 10.3. The van der Waals surface area contributed by atoms with Gasteiger partial charge in [-0.05, 0) is 17.2 Å². The van der Waals surface area contributed by atoms with Gasteiger partial charge in [0.1, 0.15) is 0 Å². The van der Waals surface area contributed by atoms with E-state index < -0.39 is 8.07 Å². The van der Waals surface area contributed by atoms with Crippen molar-refractivity contribution in [1.29, 1.82) is 0 Å². The predicted molar refractivity (Wildman–Crippen MR) is 98.9 cm³/mol. The van der Waals surface area contributed by atoms with Gasteiger partial charge >= 0.3 is 5.97 Å². The molecule has 0 heterocycles. The highest BCUT2D eigenvalue weighted by Crippen LogP contribution is 2.22. The smallest absolute Gasteiger partial charge is 0.307 e. The van der Waals surface area contributed by atoms with E-state index in [1.807, 2.05) is 54.6 Å². The summed E-state index contributed by atoms with van der Waals surface area (Å²) < 4.78 is 5.58. The molecule has 118 valence electrons. The Morgan fingerprint density at radius 1 is 1.00 bits per heavy atom. The molecule has 2 rings (SSSR count). The molecule has 0 bridgehead atoms. The molecule has 2 aromatic carbocycles. The molecule has 0 aliphatic carbocycles. The van der Waals surface area contributed by atoms with Crippen molar-refractivity contribution in [3.05, 3.63) is 84.3 Å². The van der Waals surface area contributed by atoms with Crippen molar-refractivity contribution in [2.24, 2.45) is 0 Å². The SMILES string of the molecule is C=C(/C=C(\OC(C)=O)[Si](C)(C)c1ccccc1)c1ccccc1. The van der Waals surface area contributed by atoms with Crippen molar-refractivity contribution in [1.82, 2.24) is 0 Å². The van der Waals surface area contributed by atoms with E-state index in [4.69, 9.17) is 4.74 Å². The van der Waals surface area contributed by atoms with Crippen LogP contribution in [0.1, 0.15) is 12.5 Å². The summed E-state index contributed by atoms with van der Waals surface area (Å²) in [6, 6.07) is 20.1. The van der Waals surface area contributed by atoms with Gasteiger partial charge in [-0.3, -0.25) is 4.79 Å². The fourth-order valence-corrected chi connectivity index (χ4v) is 4.63. The van der Waals surface area contributed by atoms with Gasteiger partial charge in [0.2, 0.25) is 0 Å². The van der Waals surface area contributed by atoms with Crippen LogP contribution >= 0.6 is 0 Å². The summed E-state index contributed by atoms with van der Waals surface area (Å²) in [6.45, 7) is 9.92. The molecule has 0 spiro atoms. The number of ether oxygens (including phenoxy) is 1. The minimum absolute atomic E-state index is 0.298. The van der Waals surface area contributed by atoms with Gasteiger partial charge in [-0.15, -0.1) is 0 Å². The second kappa shape index (κ2) is 7.25. The van der Waals surface area contributed by atoms with Crippen LogP contribution in [-0.2, 0) is 9.53 Å². The van der Waals surface area contributed by atoms with Crippen LogP contribution in [0.4, 0.5) is 0 Å². The minimum Gasteiger partial charge on any atom is -0.436 e. The second-order valence-electron chi connectivity index (χ2n) is 5.98. The highest BCUT2D eigenvalue weighted by atomic mass is 28.3. The third kappa shape index (κ3) is 4.30. The number of hydrogen-bond donors (Lipinski definition) is 0. The van der Waals surface area contributed by atoms with Gasteiger partial charge in [-0.1, -0.05) is 85.5 Å². The molecule has 0 fully saturated rings. The molecule has 0 saturated carbocycles. The molecule has 0 radical (unpaired) electrons. The molecule has 0 saturated heterocycles. The standard InChI is InChI=1S/C20H22O2Si/c1-16(18-11-7-5-8-12-18)15-20(22-17(2)21)23(3,4)19-13-9-6-10-14-19/h5-15H,1H2,2-4H3/b20-15+. The predicted octanol–water partition coefficient (Wildman–Crippen LogP) is 4.30. The molecule has 0 N–H and O–H groups in total. The van der Waals surface area contributed by atoms with Crippen molar-refractivity contribution >= 4 is 24.8 Å². The topological polar surface area (TPSA) is 26.3 Å². The van der Waals surface area contributed by atoms with Crippen LogP contribution in [-0.4, -0.2) is 14.0 Å². The summed E-state index contributed by atoms with van der Waals surface area (Å²) in [4.78, 5) is 11.6. The number of esters is 1. The van der Waals surface area contributed by atoms with E-state index in [2.05, 4.69) is 31.8 Å². The third-order valence-electron chi connectivity index (χ3n) is 3.82. The average Bonchev–Trinajstić information content (AvgIpc) is 2.55. The van der Waals surface area contributed by atoms with Crippen molar-refractivity contribution in [3.63, 3.8) is 0 Å². The quantitative estimate of drug-likeness (QED) is 0.355. The zero-order valence-electron chi connectivity index (χ0n) is 13.9. The Morgan fingerprint density at radius 3 is 2.04 bits per heavy atom. The lowest BCUT2D eigenvalue weighted by Gasteiger charge is -2.25. The molecule has 0 unspecified atom stereocenters. The molecule has 2 aromatic rings. The Labute approximate surface area is 139 Å². The Kier molecular flexibility index (Phi) is 5.35. The lowest BCUT2D eigenvalue weighted by Crippen LogP contribution is -2.45. The first-order valence-corrected chi connectivity index (χ1v) is 10.6. The van der Waals surface area contributed by atoms with Crippen LogP contribution in [0.25, 0.3) is 5.57 Å². The van der Waals surface area contributed by atoms with Crippen molar-refractivity contribution < 1.29 is 9.53 Å². The molecular formula is C20H22O2Si. The maximum absolute atomic E-state index is 11.6. The van der Waals surface area contributed by atoms with Gasteiger partial charge in [-0.25, -0.2) is 0 Å². The first-order chi connectivity index (χ1) is 10.9. The maximum Gasteiger partial charge on any atom is 0.307 e. The van der Waals surface area contributed by atoms with Crippen LogP contribution in [0.3, 0.4) is 0 Å². The number of benzene rings is 2. The highest BCUT2D eigenvalue weighted by Gasteiger charge is 2.31. The number of hydrogen-bond acceptors (Lipinski definition) is 2. The van der Waals surface area contributed by atoms with E-state index in [9.17, 15) is 4.79 Å². The van der Waals surface area contributed by atoms with Crippen LogP contribution in [0.5, 0.6) is 0 Å². The number of carbonyl (C=O) groups excluding carboxylic acids is 1. The van der Waals surface area contributed by atoms with Gasteiger partial charge in [0, 0.05) is 6.92 Å². The molecule has 2 nitrogen and oxygen atoms in total. The van der Waals surface area contributed by atoms with E-state index in [1.54, 1.807) is 0 Å². The Bertz CT molecular complexity index is 716. The first-order valence-electron chi connectivity index (χ1n) is 7.61. The van der Waals surface area contributed by atoms with Crippen LogP contribution in [0.2, 0.25) is 13.1 Å². The summed E-state index contributed by atoms with van der Waals surface area (Å²) in [5, 5.41) is 1.94. The van der Waals surface area contributed by atoms with E-state index in [1.165, 1.54) is 12.1 Å². The van der Waals surface area contributed by atoms with Crippen molar-refractivity contribution in [2.45, 2.75) is 20.0 Å². The largest absolute Gasteiger partial charge is 0.436 e. The van der Waals surface area contributed by atoms with Crippen molar-refractivity contribution in [2.75, 3.05) is 0 Å². The summed E-state index contributed by atoms with van der Waals surface area (Å²) in [6.07, 6.45) is 1.91. The van der Waals surface area contributed by atoms with E-state index in [0.29, 0.717) is 0 Å². The summed E-state index contributed by atoms with van der Waals surface area (Å²) in [5.74, 6) is -0.298. The maximum atomic E-state index is 11.6. The van der Waals surface area contributed by atoms with Crippen LogP contribution < -0.4 is 5.19 Å². The molecule has 23 heavy (non-hydrogen) atoms. The van der Waals surface area contributed by atoms with Gasteiger partial charge < -0.3 is 4.74 Å². The average molecular weight is 322 g/mol. The van der Waals surface area contributed by atoms with Crippen LogP contribution in [0.15, 0.2) is 78.7 Å². The molecule has 0 aromatic heterocycles. The monoisotopic (exact) mass is 322 g/mol. The fraction of sp³-hybridized carbons (Fsp3) is 0.150. The Balaban J connectivity index is 2.42. The summed E-state index contributed by atoms with van der Waals surface area (Å²) in [5.41, 5.74) is 1.87. The minimum atomic E-state index is -2.11. The zero-order chi connectivity index (χ0) is 16.9. The van der Waals surface area contributed by atoms with Gasteiger partial charge in [0.15, 0.2) is 8.07 Å². The first kappa shape index (κ1) is 17.0. The molecule has 0 atom stereocenters. The highest BCUT2D eigenvalue weighted by molar-refractivity contribution is 6.95. The molecule has 3 heteroatoms. The van der Waals surface area contributed by atoms with E-state index in [0.717, 1.165) is 16.5 Å². The zero-order valence-corrected chi connectivity index (χ0v) is 14.9. The van der Waals surface area contributed by atoms with Crippen LogP contribution in [0, 0.1) is 0 Å². The lowest BCUT2D eigenvalue weighted by molar-refractivity contribution is -0.136. The van der Waals surface area contributed by atoms with Gasteiger partial charge in [-0.2, -0.15) is 0 Å². The van der Waals surface area contributed by atoms with Gasteiger partial charge in [0.05, 0.1) is 5.38 Å². The molecular weight excluding hydrogens is 300 g/mol. The number of rotatable bonds is 5. The Morgan fingerprint density at radius 2 is 1.52 bits per heavy atom.